The van der Waals surface area contributed by atoms with Crippen molar-refractivity contribution in [3.8, 4) is 5.75 Å². The van der Waals surface area contributed by atoms with Gasteiger partial charge in [0.1, 0.15) is 0 Å². The van der Waals surface area contributed by atoms with Crippen LogP contribution in [0.15, 0.2) is 30.4 Å². The highest BCUT2D eigenvalue weighted by atomic mass is 19.1. The number of piperidine rings is 1. The van der Waals surface area contributed by atoms with Crippen LogP contribution in [0.5, 0.6) is 5.75 Å². The Balaban J connectivity index is 1.40. The van der Waals surface area contributed by atoms with Gasteiger partial charge in [-0.25, -0.2) is 9.82 Å². The van der Waals surface area contributed by atoms with Gasteiger partial charge in [0.05, 0.1) is 12.1 Å². The van der Waals surface area contributed by atoms with Crippen LogP contribution in [0.4, 0.5) is 4.39 Å². The van der Waals surface area contributed by atoms with Crippen LogP contribution in [-0.2, 0) is 15.1 Å². The van der Waals surface area contributed by atoms with Crippen LogP contribution in [0.1, 0.15) is 57.9 Å². The number of imide groups is 1. The summed E-state index contributed by atoms with van der Waals surface area (Å²) in [6, 6.07) is 5.10. The molecule has 30 heavy (non-hydrogen) atoms. The molecule has 1 saturated heterocycles. The highest BCUT2D eigenvalue weighted by molar-refractivity contribution is 5.98. The summed E-state index contributed by atoms with van der Waals surface area (Å²) < 4.78 is 19.6. The molecule has 1 aliphatic heterocycles. The molecule has 0 bridgehead atoms. The molecule has 1 saturated carbocycles. The first-order valence-electron chi connectivity index (χ1n) is 10.8. The minimum atomic E-state index is -0.329. The van der Waals surface area contributed by atoms with Crippen LogP contribution in [0.2, 0.25) is 0 Å². The van der Waals surface area contributed by atoms with E-state index < -0.39 is 0 Å². The van der Waals surface area contributed by atoms with Crippen molar-refractivity contribution < 1.29 is 18.7 Å². The number of halogens is 1. The van der Waals surface area contributed by atoms with Gasteiger partial charge in [0.2, 0.25) is 11.8 Å². The Morgan fingerprint density at radius 3 is 2.80 bits per heavy atom. The molecule has 0 aromatic heterocycles. The Morgan fingerprint density at radius 1 is 1.30 bits per heavy atom. The normalized spacial score (nSPS) is 20.6. The van der Waals surface area contributed by atoms with Crippen molar-refractivity contribution in [2.24, 2.45) is 11.8 Å². The molecule has 1 aromatic carbocycles. The fraction of sp³-hybridized carbons (Fsp3) is 0.565. The van der Waals surface area contributed by atoms with Crippen LogP contribution >= 0.6 is 0 Å². The van der Waals surface area contributed by atoms with Crippen molar-refractivity contribution in [1.82, 2.24) is 16.2 Å². The molecule has 164 valence electrons. The Hall–Kier alpha value is -2.25. The number of allylic oxidation sites excluding steroid dienone is 1. The van der Waals surface area contributed by atoms with Crippen molar-refractivity contribution in [3.05, 3.63) is 41.7 Å². The lowest BCUT2D eigenvalue weighted by Gasteiger charge is -2.20. The van der Waals surface area contributed by atoms with Crippen LogP contribution in [0.3, 0.4) is 0 Å². The fourth-order valence-corrected chi connectivity index (χ4v) is 3.51. The molecular weight excluding hydrogens is 385 g/mol. The van der Waals surface area contributed by atoms with Gasteiger partial charge >= 0.3 is 0 Å². The van der Waals surface area contributed by atoms with Gasteiger partial charge in [-0.15, -0.1) is 0 Å². The topological polar surface area (TPSA) is 79.5 Å². The average Bonchev–Trinajstić information content (AvgIpc) is 3.49. The highest BCUT2D eigenvalue weighted by Crippen LogP contribution is 2.46. The summed E-state index contributed by atoms with van der Waals surface area (Å²) in [5.41, 5.74) is 7.52. The zero-order valence-corrected chi connectivity index (χ0v) is 17.8. The first-order valence-corrected chi connectivity index (χ1v) is 10.8. The maximum Gasteiger partial charge on any atom is 0.229 e. The number of rotatable bonds is 11. The molecule has 2 aliphatic rings. The summed E-state index contributed by atoms with van der Waals surface area (Å²) in [6.45, 7) is 5.31. The standard InChI is InChI=1S/C23H32FN3O3/c1-16(2)15-30-20-14-18(8-9-19(20)24)23(11-12-23)27-25-13-5-3-4-6-17-7-10-21(28)26-22(17)29/h3-4,8-9,14,16-17,25,27H,5-7,10-13,15H2,1-2H3,(H,26,28,29)/b4-3+. The molecule has 1 aromatic rings. The number of ether oxygens (including phenoxy) is 1. The molecule has 7 heteroatoms. The highest BCUT2D eigenvalue weighted by Gasteiger charge is 2.44. The van der Waals surface area contributed by atoms with Crippen LogP contribution < -0.4 is 20.9 Å². The summed E-state index contributed by atoms with van der Waals surface area (Å²) in [6.07, 6.45) is 8.55. The van der Waals surface area contributed by atoms with Gasteiger partial charge in [-0.3, -0.25) is 20.3 Å². The predicted octanol–water partition coefficient (Wildman–Crippen LogP) is 3.33. The lowest BCUT2D eigenvalue weighted by molar-refractivity contribution is -0.136. The summed E-state index contributed by atoms with van der Waals surface area (Å²) in [5.74, 6) is -0.127. The minimum Gasteiger partial charge on any atom is -0.490 e. The molecule has 3 N–H and O–H groups in total. The summed E-state index contributed by atoms with van der Waals surface area (Å²) in [4.78, 5) is 22.9. The average molecular weight is 418 g/mol. The van der Waals surface area contributed by atoms with Crippen LogP contribution in [-0.4, -0.2) is 25.0 Å². The fourth-order valence-electron chi connectivity index (χ4n) is 3.51. The van der Waals surface area contributed by atoms with E-state index in [4.69, 9.17) is 4.74 Å². The second kappa shape index (κ2) is 10.2. The SMILES string of the molecule is CC(C)COc1cc(C2(NNCC/C=C/CC3CCC(=O)NC3=O)CC2)ccc1F. The van der Waals surface area contributed by atoms with Gasteiger partial charge in [-0.2, -0.15) is 0 Å². The maximum atomic E-state index is 14.0. The molecule has 1 atom stereocenters. The molecule has 6 nitrogen and oxygen atoms in total. The molecule has 3 rings (SSSR count). The number of hydrazine groups is 1. The number of carbonyl (C=O) groups excluding carboxylic acids is 2. The number of carbonyl (C=O) groups is 2. The molecule has 0 radical (unpaired) electrons. The van der Waals surface area contributed by atoms with E-state index >= 15 is 0 Å². The quantitative estimate of drug-likeness (QED) is 0.223. The molecule has 2 fully saturated rings. The van der Waals surface area contributed by atoms with Crippen molar-refractivity contribution in [2.45, 2.75) is 57.9 Å². The molecule has 2 amide bonds. The van der Waals surface area contributed by atoms with Gasteiger partial charge in [0.15, 0.2) is 11.6 Å². The zero-order chi connectivity index (χ0) is 21.6. The summed E-state index contributed by atoms with van der Waals surface area (Å²) >= 11 is 0. The molecular formula is C23H32FN3O3. The van der Waals surface area contributed by atoms with E-state index in [1.54, 1.807) is 6.07 Å². The van der Waals surface area contributed by atoms with E-state index in [0.717, 1.165) is 31.4 Å². The molecule has 1 aliphatic carbocycles. The van der Waals surface area contributed by atoms with Gasteiger partial charge in [0.25, 0.3) is 0 Å². The van der Waals surface area contributed by atoms with Crippen molar-refractivity contribution in [2.75, 3.05) is 13.2 Å². The van der Waals surface area contributed by atoms with Crippen LogP contribution in [0.25, 0.3) is 0 Å². The summed E-state index contributed by atoms with van der Waals surface area (Å²) in [7, 11) is 0. The van der Waals surface area contributed by atoms with Crippen molar-refractivity contribution in [1.29, 1.82) is 0 Å². The van der Waals surface area contributed by atoms with E-state index in [9.17, 15) is 14.0 Å². The minimum absolute atomic E-state index is 0.106. The Morgan fingerprint density at radius 2 is 2.10 bits per heavy atom. The lowest BCUT2D eigenvalue weighted by atomic mass is 9.94. The van der Waals surface area contributed by atoms with E-state index in [0.29, 0.717) is 37.5 Å². The first kappa shape index (κ1) is 22.4. The monoisotopic (exact) mass is 417 g/mol. The third kappa shape index (κ3) is 6.12. The molecule has 1 heterocycles. The summed E-state index contributed by atoms with van der Waals surface area (Å²) in [5, 5.41) is 2.38. The van der Waals surface area contributed by atoms with Crippen molar-refractivity contribution >= 4 is 11.8 Å². The second-order valence-corrected chi connectivity index (χ2v) is 8.63. The van der Waals surface area contributed by atoms with Gasteiger partial charge in [-0.1, -0.05) is 32.1 Å². The van der Waals surface area contributed by atoms with Gasteiger partial charge in [0, 0.05) is 18.9 Å². The number of benzene rings is 1. The van der Waals surface area contributed by atoms with E-state index in [1.807, 2.05) is 32.1 Å². The zero-order valence-electron chi connectivity index (χ0n) is 17.8. The Bertz CT molecular complexity index is 790. The van der Waals surface area contributed by atoms with Gasteiger partial charge in [-0.05, 0) is 55.7 Å². The second-order valence-electron chi connectivity index (χ2n) is 8.63. The number of hydrogen-bond donors (Lipinski definition) is 3. The number of hydrogen-bond acceptors (Lipinski definition) is 5. The molecule has 1 unspecified atom stereocenters. The van der Waals surface area contributed by atoms with Gasteiger partial charge < -0.3 is 4.74 Å². The van der Waals surface area contributed by atoms with Crippen molar-refractivity contribution in [3.63, 3.8) is 0 Å². The van der Waals surface area contributed by atoms with Crippen LogP contribution in [0, 0.1) is 17.7 Å². The molecule has 0 spiro atoms. The predicted molar refractivity (Wildman–Crippen MR) is 113 cm³/mol. The van der Waals surface area contributed by atoms with E-state index in [1.165, 1.54) is 6.07 Å². The smallest absolute Gasteiger partial charge is 0.229 e. The maximum absolute atomic E-state index is 14.0. The first-order chi connectivity index (χ1) is 14.4. The number of amides is 2. The third-order valence-corrected chi connectivity index (χ3v) is 5.51. The van der Waals surface area contributed by atoms with E-state index in [-0.39, 0.29) is 29.1 Å². The Kier molecular flexibility index (Phi) is 7.61. The largest absolute Gasteiger partial charge is 0.490 e. The Labute approximate surface area is 177 Å². The lowest BCUT2D eigenvalue weighted by Crippen LogP contribution is -2.41. The van der Waals surface area contributed by atoms with E-state index in [2.05, 4.69) is 16.2 Å². The third-order valence-electron chi connectivity index (χ3n) is 5.51. The number of nitrogens with one attached hydrogen (secondary N) is 3.